The van der Waals surface area contributed by atoms with E-state index in [0.29, 0.717) is 17.6 Å². The number of carbonyl (C=O) groups excluding carboxylic acids is 1. The molecule has 0 saturated heterocycles. The molecule has 0 atom stereocenters. The molecule has 0 spiro atoms. The predicted molar refractivity (Wildman–Crippen MR) is 69.2 cm³/mol. The number of hydrogen-bond donors (Lipinski definition) is 1. The van der Waals surface area contributed by atoms with Crippen LogP contribution in [0.5, 0.6) is 0 Å². The number of ketones is 1. The molecule has 0 aliphatic heterocycles. The first-order valence-corrected chi connectivity index (χ1v) is 5.49. The highest BCUT2D eigenvalue weighted by Gasteiger charge is 2.09. The van der Waals surface area contributed by atoms with E-state index in [2.05, 4.69) is 18.1 Å². The third-order valence-corrected chi connectivity index (χ3v) is 2.70. The molecule has 0 saturated carbocycles. The van der Waals surface area contributed by atoms with Crippen LogP contribution < -0.4 is 5.56 Å². The number of aryl methyl sites for hydroxylation is 2. The van der Waals surface area contributed by atoms with Crippen molar-refractivity contribution in [3.05, 3.63) is 58.0 Å². The van der Waals surface area contributed by atoms with E-state index >= 15 is 0 Å². The number of hydrogen-bond acceptors (Lipinski definition) is 2. The van der Waals surface area contributed by atoms with Gasteiger partial charge in [-0.1, -0.05) is 19.2 Å². The normalized spacial score (nSPS) is 10.0. The minimum atomic E-state index is -0.112. The van der Waals surface area contributed by atoms with Gasteiger partial charge < -0.3 is 4.98 Å². The molecule has 1 heterocycles. The first kappa shape index (κ1) is 13.2. The van der Waals surface area contributed by atoms with E-state index in [1.165, 1.54) is 6.08 Å². The van der Waals surface area contributed by atoms with Gasteiger partial charge in [0, 0.05) is 23.3 Å². The topological polar surface area (TPSA) is 49.9 Å². The first-order chi connectivity index (χ1) is 7.95. The summed E-state index contributed by atoms with van der Waals surface area (Å²) in [6.07, 6.45) is 2.17. The number of H-pyrrole nitrogens is 1. The van der Waals surface area contributed by atoms with E-state index in [4.69, 9.17) is 0 Å². The predicted octanol–water partition coefficient (Wildman–Crippen LogP) is 2.24. The third-order valence-electron chi connectivity index (χ3n) is 2.70. The van der Waals surface area contributed by atoms with Crippen LogP contribution in [-0.4, -0.2) is 10.8 Å². The van der Waals surface area contributed by atoms with Crippen molar-refractivity contribution < 1.29 is 4.79 Å². The molecule has 0 bridgehead atoms. The zero-order valence-electron chi connectivity index (χ0n) is 10.3. The Morgan fingerprint density at radius 3 is 2.65 bits per heavy atom. The summed E-state index contributed by atoms with van der Waals surface area (Å²) in [5, 5.41) is 0. The third kappa shape index (κ3) is 3.28. The van der Waals surface area contributed by atoms with Gasteiger partial charge in [-0.2, -0.15) is 0 Å². The van der Waals surface area contributed by atoms with E-state index in [0.717, 1.165) is 11.3 Å². The van der Waals surface area contributed by atoms with Crippen LogP contribution in [0.4, 0.5) is 0 Å². The van der Waals surface area contributed by atoms with E-state index in [-0.39, 0.29) is 17.8 Å². The van der Waals surface area contributed by atoms with Gasteiger partial charge in [-0.15, -0.1) is 0 Å². The molecular formula is C14H17NO2. The molecule has 0 radical (unpaired) electrons. The fraction of sp³-hybridized carbons (Fsp3) is 0.286. The monoisotopic (exact) mass is 231 g/mol. The summed E-state index contributed by atoms with van der Waals surface area (Å²) in [6.45, 7) is 10.8. The Hall–Kier alpha value is -1.90. The van der Waals surface area contributed by atoms with Gasteiger partial charge in [-0.25, -0.2) is 0 Å². The number of allylic oxidation sites excluding steroid dienone is 2. The summed E-state index contributed by atoms with van der Waals surface area (Å²) in [4.78, 5) is 26.0. The van der Waals surface area contributed by atoms with Gasteiger partial charge in [0.2, 0.25) is 0 Å². The Balaban J connectivity index is 2.84. The summed E-state index contributed by atoms with van der Waals surface area (Å²) in [6, 6.07) is 1.91. The number of aromatic amines is 1. The Bertz CT molecular complexity index is 524. The van der Waals surface area contributed by atoms with Gasteiger partial charge in [-0.05, 0) is 31.9 Å². The Kier molecular flexibility index (Phi) is 4.21. The smallest absolute Gasteiger partial charge is 0.251 e. The van der Waals surface area contributed by atoms with Crippen molar-refractivity contribution in [2.24, 2.45) is 0 Å². The SMILES string of the molecule is C=CC(=C)C(=O)CCc1c(C)cc(C)[nH]c1=O. The molecule has 3 heteroatoms. The molecule has 1 aromatic rings. The molecule has 3 nitrogen and oxygen atoms in total. The Morgan fingerprint density at radius 2 is 2.12 bits per heavy atom. The lowest BCUT2D eigenvalue weighted by Gasteiger charge is -2.05. The van der Waals surface area contributed by atoms with Gasteiger partial charge in [0.1, 0.15) is 0 Å². The van der Waals surface area contributed by atoms with Crippen molar-refractivity contribution in [1.82, 2.24) is 4.98 Å². The summed E-state index contributed by atoms with van der Waals surface area (Å²) >= 11 is 0. The summed E-state index contributed by atoms with van der Waals surface area (Å²) in [5.41, 5.74) is 2.70. The highest BCUT2D eigenvalue weighted by molar-refractivity contribution is 5.97. The van der Waals surface area contributed by atoms with Gasteiger partial charge in [0.15, 0.2) is 5.78 Å². The van der Waals surface area contributed by atoms with Gasteiger partial charge >= 0.3 is 0 Å². The first-order valence-electron chi connectivity index (χ1n) is 5.49. The van der Waals surface area contributed by atoms with Crippen LogP contribution in [0.3, 0.4) is 0 Å². The largest absolute Gasteiger partial charge is 0.326 e. The number of Topliss-reactive ketones (excluding diaryl/α,β-unsaturated/α-hetero) is 1. The van der Waals surface area contributed by atoms with E-state index < -0.39 is 0 Å². The molecule has 90 valence electrons. The zero-order chi connectivity index (χ0) is 13.0. The maximum Gasteiger partial charge on any atom is 0.251 e. The van der Waals surface area contributed by atoms with Crippen molar-refractivity contribution in [3.8, 4) is 0 Å². The maximum atomic E-state index is 11.7. The average molecular weight is 231 g/mol. The number of pyridine rings is 1. The Labute approximate surface area is 101 Å². The molecule has 0 aliphatic carbocycles. The van der Waals surface area contributed by atoms with E-state index in [1.807, 2.05) is 19.9 Å². The van der Waals surface area contributed by atoms with Gasteiger partial charge in [0.05, 0.1) is 0 Å². The van der Waals surface area contributed by atoms with Crippen LogP contribution in [0.1, 0.15) is 23.2 Å². The second-order valence-electron chi connectivity index (χ2n) is 4.10. The lowest BCUT2D eigenvalue weighted by Crippen LogP contribution is -2.17. The van der Waals surface area contributed by atoms with Crippen LogP contribution >= 0.6 is 0 Å². The number of nitrogens with one attached hydrogen (secondary N) is 1. The highest BCUT2D eigenvalue weighted by Crippen LogP contribution is 2.08. The molecule has 0 amide bonds. The fourth-order valence-electron chi connectivity index (χ4n) is 1.71. The maximum absolute atomic E-state index is 11.7. The minimum absolute atomic E-state index is 0.0700. The lowest BCUT2D eigenvalue weighted by atomic mass is 10.0. The average Bonchev–Trinajstić information content (AvgIpc) is 2.26. The number of aromatic nitrogens is 1. The quantitative estimate of drug-likeness (QED) is 0.624. The van der Waals surface area contributed by atoms with Crippen LogP contribution in [-0.2, 0) is 11.2 Å². The molecule has 1 rings (SSSR count). The van der Waals surface area contributed by atoms with Crippen LogP contribution in [0.25, 0.3) is 0 Å². The summed E-state index contributed by atoms with van der Waals surface area (Å²) in [5.74, 6) is -0.0700. The summed E-state index contributed by atoms with van der Waals surface area (Å²) < 4.78 is 0. The molecule has 0 unspecified atom stereocenters. The number of carbonyl (C=O) groups is 1. The molecule has 1 aromatic heterocycles. The summed E-state index contributed by atoms with van der Waals surface area (Å²) in [7, 11) is 0. The molecular weight excluding hydrogens is 214 g/mol. The molecule has 0 aliphatic rings. The second-order valence-corrected chi connectivity index (χ2v) is 4.10. The van der Waals surface area contributed by atoms with Gasteiger partial charge in [0.25, 0.3) is 5.56 Å². The molecule has 1 N–H and O–H groups in total. The molecule has 0 fully saturated rings. The van der Waals surface area contributed by atoms with Crippen molar-refractivity contribution in [3.63, 3.8) is 0 Å². The van der Waals surface area contributed by atoms with Crippen molar-refractivity contribution in [2.45, 2.75) is 26.7 Å². The second kappa shape index (κ2) is 5.43. The van der Waals surface area contributed by atoms with E-state index in [1.54, 1.807) is 0 Å². The minimum Gasteiger partial charge on any atom is -0.326 e. The van der Waals surface area contributed by atoms with Crippen molar-refractivity contribution in [2.75, 3.05) is 0 Å². The number of rotatable bonds is 5. The van der Waals surface area contributed by atoms with Crippen LogP contribution in [0.15, 0.2) is 35.7 Å². The standard InChI is InChI=1S/C14H17NO2/c1-5-9(2)13(16)7-6-12-10(3)8-11(4)15-14(12)17/h5,8H,1-2,6-7H2,3-4H3,(H,15,17). The lowest BCUT2D eigenvalue weighted by molar-refractivity contribution is -0.115. The highest BCUT2D eigenvalue weighted by atomic mass is 16.1. The molecule has 17 heavy (non-hydrogen) atoms. The zero-order valence-corrected chi connectivity index (χ0v) is 10.3. The van der Waals surface area contributed by atoms with Crippen LogP contribution in [0.2, 0.25) is 0 Å². The van der Waals surface area contributed by atoms with E-state index in [9.17, 15) is 9.59 Å². The fourth-order valence-corrected chi connectivity index (χ4v) is 1.71. The molecule has 0 aromatic carbocycles. The van der Waals surface area contributed by atoms with Gasteiger partial charge in [-0.3, -0.25) is 9.59 Å². The van der Waals surface area contributed by atoms with Crippen LogP contribution in [0, 0.1) is 13.8 Å². The van der Waals surface area contributed by atoms with Crippen molar-refractivity contribution >= 4 is 5.78 Å². The van der Waals surface area contributed by atoms with Crippen molar-refractivity contribution in [1.29, 1.82) is 0 Å². The Morgan fingerprint density at radius 1 is 1.47 bits per heavy atom.